The average Bonchev–Trinajstić information content (AvgIpc) is 2.48. The molecule has 0 radical (unpaired) electrons. The van der Waals surface area contributed by atoms with Crippen molar-refractivity contribution in [3.63, 3.8) is 0 Å². The monoisotopic (exact) mass is 380 g/mol. The van der Waals surface area contributed by atoms with Crippen molar-refractivity contribution >= 4 is 27.9 Å². The lowest BCUT2D eigenvalue weighted by molar-refractivity contribution is -0.117. The minimum Gasteiger partial charge on any atom is -0.493 e. The Labute approximate surface area is 145 Å². The Bertz CT molecular complexity index is 633. The van der Waals surface area contributed by atoms with Gasteiger partial charge in [-0.2, -0.15) is 5.26 Å². The number of hydrogen-bond acceptors (Lipinski definition) is 4. The van der Waals surface area contributed by atoms with Crippen LogP contribution in [-0.2, 0) is 4.79 Å². The summed E-state index contributed by atoms with van der Waals surface area (Å²) in [5.41, 5.74) is 0.661. The Hall–Kier alpha value is -2.00. The second-order valence-electron chi connectivity index (χ2n) is 4.98. The first kappa shape index (κ1) is 19.0. The van der Waals surface area contributed by atoms with E-state index in [0.29, 0.717) is 30.3 Å². The quantitative estimate of drug-likeness (QED) is 0.578. The number of ether oxygens (including phenoxy) is 2. The SMILES string of the molecule is CCOc1cc(OCC)c(/C=C(/C#N)C(=O)NC(C)C)cc1Br. The first-order chi connectivity index (χ1) is 10.9. The summed E-state index contributed by atoms with van der Waals surface area (Å²) in [5.74, 6) is 0.803. The maximum atomic E-state index is 12.0. The summed E-state index contributed by atoms with van der Waals surface area (Å²) in [4.78, 5) is 12.0. The molecule has 1 N–H and O–H groups in total. The summed E-state index contributed by atoms with van der Waals surface area (Å²) in [6, 6.07) is 5.41. The van der Waals surface area contributed by atoms with E-state index in [0.717, 1.165) is 4.47 Å². The second kappa shape index (κ2) is 9.21. The van der Waals surface area contributed by atoms with Crippen molar-refractivity contribution < 1.29 is 14.3 Å². The highest BCUT2D eigenvalue weighted by atomic mass is 79.9. The molecule has 0 aliphatic heterocycles. The van der Waals surface area contributed by atoms with Crippen LogP contribution in [0, 0.1) is 11.3 Å². The Kier molecular flexibility index (Phi) is 7.63. The van der Waals surface area contributed by atoms with Gasteiger partial charge in [-0.25, -0.2) is 0 Å². The molecule has 0 aliphatic rings. The van der Waals surface area contributed by atoms with E-state index in [1.807, 2.05) is 33.8 Å². The molecule has 0 saturated carbocycles. The van der Waals surface area contributed by atoms with Crippen LogP contribution in [0.5, 0.6) is 11.5 Å². The Morgan fingerprint density at radius 3 is 2.43 bits per heavy atom. The Morgan fingerprint density at radius 2 is 1.91 bits per heavy atom. The number of hydrogen-bond donors (Lipinski definition) is 1. The molecule has 1 aromatic rings. The Morgan fingerprint density at radius 1 is 1.30 bits per heavy atom. The van der Waals surface area contributed by atoms with E-state index in [2.05, 4.69) is 21.2 Å². The fourth-order valence-electron chi connectivity index (χ4n) is 1.85. The van der Waals surface area contributed by atoms with Crippen LogP contribution in [0.15, 0.2) is 22.2 Å². The summed E-state index contributed by atoms with van der Waals surface area (Å²) >= 11 is 3.43. The van der Waals surface area contributed by atoms with Gasteiger partial charge in [-0.05, 0) is 55.8 Å². The summed E-state index contributed by atoms with van der Waals surface area (Å²) < 4.78 is 11.8. The third-order valence-electron chi connectivity index (χ3n) is 2.75. The number of nitriles is 1. The number of halogens is 1. The van der Waals surface area contributed by atoms with Gasteiger partial charge in [0.15, 0.2) is 0 Å². The molecule has 0 heterocycles. The molecular formula is C17H21BrN2O3. The predicted octanol–water partition coefficient (Wildman–Crippen LogP) is 3.68. The smallest absolute Gasteiger partial charge is 0.262 e. The predicted molar refractivity (Wildman–Crippen MR) is 93.3 cm³/mol. The first-order valence-corrected chi connectivity index (χ1v) is 8.23. The summed E-state index contributed by atoms with van der Waals surface area (Å²) in [5, 5.41) is 11.9. The summed E-state index contributed by atoms with van der Waals surface area (Å²) in [6.45, 7) is 8.43. The molecule has 0 aliphatic carbocycles. The average molecular weight is 381 g/mol. The maximum absolute atomic E-state index is 12.0. The van der Waals surface area contributed by atoms with Crippen molar-refractivity contribution in [1.29, 1.82) is 5.26 Å². The number of carbonyl (C=O) groups is 1. The molecule has 6 heteroatoms. The van der Waals surface area contributed by atoms with Crippen LogP contribution in [0.1, 0.15) is 33.3 Å². The highest BCUT2D eigenvalue weighted by molar-refractivity contribution is 9.10. The molecule has 1 aromatic carbocycles. The molecule has 0 unspecified atom stereocenters. The van der Waals surface area contributed by atoms with Crippen LogP contribution >= 0.6 is 15.9 Å². The fraction of sp³-hybridized carbons (Fsp3) is 0.412. The molecular weight excluding hydrogens is 360 g/mol. The van der Waals surface area contributed by atoms with Gasteiger partial charge in [0.05, 0.1) is 17.7 Å². The molecule has 1 rings (SSSR count). The van der Waals surface area contributed by atoms with Gasteiger partial charge in [-0.15, -0.1) is 0 Å². The molecule has 0 bridgehead atoms. The first-order valence-electron chi connectivity index (χ1n) is 7.44. The van der Waals surface area contributed by atoms with Gasteiger partial charge in [-0.3, -0.25) is 4.79 Å². The molecule has 0 atom stereocenters. The van der Waals surface area contributed by atoms with Crippen LogP contribution in [0.25, 0.3) is 6.08 Å². The van der Waals surface area contributed by atoms with Gasteiger partial charge in [0, 0.05) is 17.7 Å². The van der Waals surface area contributed by atoms with Crippen molar-refractivity contribution in [2.24, 2.45) is 0 Å². The Balaban J connectivity index is 3.28. The van der Waals surface area contributed by atoms with Gasteiger partial charge in [0.2, 0.25) is 0 Å². The molecule has 0 spiro atoms. The third kappa shape index (κ3) is 5.61. The summed E-state index contributed by atoms with van der Waals surface area (Å²) in [6.07, 6.45) is 1.52. The van der Waals surface area contributed by atoms with Crippen molar-refractivity contribution in [2.45, 2.75) is 33.7 Å². The topological polar surface area (TPSA) is 71.3 Å². The normalized spacial score (nSPS) is 11.1. The number of benzene rings is 1. The van der Waals surface area contributed by atoms with E-state index in [4.69, 9.17) is 9.47 Å². The fourth-order valence-corrected chi connectivity index (χ4v) is 2.33. The van der Waals surface area contributed by atoms with Gasteiger partial charge in [0.25, 0.3) is 5.91 Å². The number of rotatable bonds is 7. The second-order valence-corrected chi connectivity index (χ2v) is 5.84. The number of carbonyl (C=O) groups excluding carboxylic acids is 1. The van der Waals surface area contributed by atoms with Crippen LogP contribution in [0.4, 0.5) is 0 Å². The van der Waals surface area contributed by atoms with Gasteiger partial charge in [0.1, 0.15) is 23.1 Å². The minimum atomic E-state index is -0.407. The standard InChI is InChI=1S/C17H21BrN2O3/c1-5-22-15-9-16(23-6-2)14(18)8-12(15)7-13(10-19)17(21)20-11(3)4/h7-9,11H,5-6H2,1-4H3,(H,20,21)/b13-7-. The number of nitrogens with zero attached hydrogens (tertiary/aromatic N) is 1. The molecule has 124 valence electrons. The number of nitrogens with one attached hydrogen (secondary N) is 1. The molecule has 5 nitrogen and oxygen atoms in total. The van der Waals surface area contributed by atoms with Crippen LogP contribution in [0.2, 0.25) is 0 Å². The molecule has 0 saturated heterocycles. The van der Waals surface area contributed by atoms with E-state index in [1.165, 1.54) is 6.08 Å². The van der Waals surface area contributed by atoms with E-state index >= 15 is 0 Å². The van der Waals surface area contributed by atoms with Crippen LogP contribution in [-0.4, -0.2) is 25.2 Å². The highest BCUT2D eigenvalue weighted by Gasteiger charge is 2.14. The number of amides is 1. The van der Waals surface area contributed by atoms with Gasteiger partial charge >= 0.3 is 0 Å². The third-order valence-corrected chi connectivity index (χ3v) is 3.37. The van der Waals surface area contributed by atoms with E-state index < -0.39 is 5.91 Å². The van der Waals surface area contributed by atoms with E-state index in [-0.39, 0.29) is 11.6 Å². The van der Waals surface area contributed by atoms with Crippen molar-refractivity contribution in [3.05, 3.63) is 27.7 Å². The highest BCUT2D eigenvalue weighted by Crippen LogP contribution is 2.34. The van der Waals surface area contributed by atoms with Crippen molar-refractivity contribution in [1.82, 2.24) is 5.32 Å². The lowest BCUT2D eigenvalue weighted by Crippen LogP contribution is -2.30. The van der Waals surface area contributed by atoms with E-state index in [9.17, 15) is 10.1 Å². The zero-order valence-corrected chi connectivity index (χ0v) is 15.4. The largest absolute Gasteiger partial charge is 0.493 e. The summed E-state index contributed by atoms with van der Waals surface area (Å²) in [7, 11) is 0. The zero-order chi connectivity index (χ0) is 17.4. The van der Waals surface area contributed by atoms with Crippen molar-refractivity contribution in [3.8, 4) is 17.6 Å². The van der Waals surface area contributed by atoms with Gasteiger partial charge < -0.3 is 14.8 Å². The van der Waals surface area contributed by atoms with Crippen molar-refractivity contribution in [2.75, 3.05) is 13.2 Å². The van der Waals surface area contributed by atoms with Gasteiger partial charge in [-0.1, -0.05) is 0 Å². The lowest BCUT2D eigenvalue weighted by Gasteiger charge is -2.13. The lowest BCUT2D eigenvalue weighted by atomic mass is 10.1. The van der Waals surface area contributed by atoms with Crippen LogP contribution < -0.4 is 14.8 Å². The molecule has 23 heavy (non-hydrogen) atoms. The van der Waals surface area contributed by atoms with Crippen LogP contribution in [0.3, 0.4) is 0 Å². The minimum absolute atomic E-state index is 0.0238. The molecule has 1 amide bonds. The molecule has 0 fully saturated rings. The molecule has 0 aromatic heterocycles. The zero-order valence-electron chi connectivity index (χ0n) is 13.8. The maximum Gasteiger partial charge on any atom is 0.262 e. The van der Waals surface area contributed by atoms with E-state index in [1.54, 1.807) is 12.1 Å².